The summed E-state index contributed by atoms with van der Waals surface area (Å²) in [5, 5.41) is 4.29. The van der Waals surface area contributed by atoms with Crippen LogP contribution in [-0.2, 0) is 6.42 Å². The predicted molar refractivity (Wildman–Crippen MR) is 68.8 cm³/mol. The summed E-state index contributed by atoms with van der Waals surface area (Å²) < 4.78 is 2.05. The lowest BCUT2D eigenvalue weighted by atomic mass is 9.86. The Morgan fingerprint density at radius 1 is 1.50 bits per heavy atom. The molecule has 16 heavy (non-hydrogen) atoms. The van der Waals surface area contributed by atoms with Crippen LogP contribution in [0.25, 0.3) is 0 Å². The van der Waals surface area contributed by atoms with Crippen molar-refractivity contribution in [2.24, 2.45) is 5.92 Å². The van der Waals surface area contributed by atoms with E-state index in [-0.39, 0.29) is 0 Å². The highest BCUT2D eigenvalue weighted by molar-refractivity contribution is 9.09. The number of alkyl halides is 1. The van der Waals surface area contributed by atoms with Crippen LogP contribution in [0.15, 0.2) is 6.33 Å². The first kappa shape index (κ1) is 12.1. The lowest BCUT2D eigenvalue weighted by Gasteiger charge is -2.25. The molecule has 2 unspecified atom stereocenters. The molecule has 1 fully saturated rings. The molecular weight excluding hydrogens is 266 g/mol. The molecular formula is C12H20BrN3. The molecule has 0 aromatic carbocycles. The molecule has 1 aromatic heterocycles. The third-order valence-electron chi connectivity index (χ3n) is 3.33. The second-order valence-corrected chi connectivity index (χ2v) is 6.34. The third-order valence-corrected chi connectivity index (χ3v) is 4.16. The van der Waals surface area contributed by atoms with E-state index < -0.39 is 0 Å². The smallest absolute Gasteiger partial charge is 0.138 e. The average Bonchev–Trinajstić information content (AvgIpc) is 2.66. The van der Waals surface area contributed by atoms with Gasteiger partial charge in [0.2, 0.25) is 0 Å². The van der Waals surface area contributed by atoms with Crippen molar-refractivity contribution >= 4 is 15.9 Å². The maximum Gasteiger partial charge on any atom is 0.138 e. The van der Waals surface area contributed by atoms with Crippen LogP contribution in [0.1, 0.15) is 51.4 Å². The molecule has 1 aromatic rings. The number of hydrogen-bond acceptors (Lipinski definition) is 2. The normalized spacial score (nSPS) is 26.2. The zero-order valence-corrected chi connectivity index (χ0v) is 11.7. The van der Waals surface area contributed by atoms with E-state index in [1.807, 2.05) is 0 Å². The first-order chi connectivity index (χ1) is 7.66. The van der Waals surface area contributed by atoms with Crippen molar-refractivity contribution in [3.63, 3.8) is 0 Å². The van der Waals surface area contributed by atoms with Crippen molar-refractivity contribution in [1.82, 2.24) is 14.8 Å². The number of nitrogens with zero attached hydrogens (tertiary/aromatic N) is 3. The highest BCUT2D eigenvalue weighted by Gasteiger charge is 2.22. The Balaban J connectivity index is 2.00. The van der Waals surface area contributed by atoms with Gasteiger partial charge in [-0.3, -0.25) is 0 Å². The third kappa shape index (κ3) is 2.84. The Morgan fingerprint density at radius 2 is 2.31 bits per heavy atom. The minimum Gasteiger partial charge on any atom is -0.248 e. The summed E-state index contributed by atoms with van der Waals surface area (Å²) in [6.45, 7) is 4.32. The minimum absolute atomic E-state index is 0.417. The van der Waals surface area contributed by atoms with Gasteiger partial charge in [-0.15, -0.1) is 0 Å². The molecule has 1 aliphatic rings. The fourth-order valence-corrected chi connectivity index (χ4v) is 3.37. The summed E-state index contributed by atoms with van der Waals surface area (Å²) >= 11 is 3.74. The fourth-order valence-electron chi connectivity index (χ4n) is 2.52. The van der Waals surface area contributed by atoms with Gasteiger partial charge in [0.15, 0.2) is 0 Å². The Bertz CT molecular complexity index is 335. The topological polar surface area (TPSA) is 30.7 Å². The lowest BCUT2D eigenvalue weighted by molar-refractivity contribution is 0.351. The average molecular weight is 286 g/mol. The highest BCUT2D eigenvalue weighted by atomic mass is 79.9. The molecule has 3 nitrogen and oxygen atoms in total. The summed E-state index contributed by atoms with van der Waals surface area (Å²) in [7, 11) is 0. The van der Waals surface area contributed by atoms with Crippen LogP contribution in [0, 0.1) is 5.92 Å². The van der Waals surface area contributed by atoms with E-state index in [4.69, 9.17) is 0 Å². The van der Waals surface area contributed by atoms with Gasteiger partial charge in [0, 0.05) is 17.3 Å². The molecule has 0 aliphatic heterocycles. The van der Waals surface area contributed by atoms with Gasteiger partial charge in [-0.05, 0) is 39.0 Å². The molecule has 0 saturated heterocycles. The molecule has 0 amide bonds. The molecule has 0 spiro atoms. The summed E-state index contributed by atoms with van der Waals surface area (Å²) in [6, 6.07) is 0.417. The zero-order chi connectivity index (χ0) is 11.5. The van der Waals surface area contributed by atoms with E-state index in [2.05, 4.69) is 44.5 Å². The van der Waals surface area contributed by atoms with E-state index >= 15 is 0 Å². The molecule has 1 heterocycles. The van der Waals surface area contributed by atoms with Gasteiger partial charge in [-0.2, -0.15) is 5.10 Å². The Kier molecular flexibility index (Phi) is 4.00. The van der Waals surface area contributed by atoms with Gasteiger partial charge < -0.3 is 0 Å². The van der Waals surface area contributed by atoms with Crippen LogP contribution in [-0.4, -0.2) is 19.6 Å². The molecule has 2 rings (SSSR count). The molecule has 2 atom stereocenters. The summed E-state index contributed by atoms with van der Waals surface area (Å²) in [6.07, 6.45) is 8.06. The van der Waals surface area contributed by atoms with Crippen LogP contribution in [0.4, 0.5) is 0 Å². The monoisotopic (exact) mass is 285 g/mol. The van der Waals surface area contributed by atoms with Gasteiger partial charge in [-0.1, -0.05) is 22.4 Å². The summed E-state index contributed by atoms with van der Waals surface area (Å²) in [5.74, 6) is 1.93. The molecule has 1 aliphatic carbocycles. The second-order valence-electron chi connectivity index (χ2n) is 5.05. The molecule has 4 heteroatoms. The molecule has 0 radical (unpaired) electrons. The van der Waals surface area contributed by atoms with Gasteiger partial charge in [-0.25, -0.2) is 9.67 Å². The molecule has 0 bridgehead atoms. The first-order valence-corrected chi connectivity index (χ1v) is 7.11. The van der Waals surface area contributed by atoms with Crippen molar-refractivity contribution in [2.45, 2.75) is 56.8 Å². The largest absolute Gasteiger partial charge is 0.248 e. The van der Waals surface area contributed by atoms with E-state index in [0.29, 0.717) is 10.9 Å². The molecule has 0 N–H and O–H groups in total. The molecule has 1 saturated carbocycles. The van der Waals surface area contributed by atoms with Crippen molar-refractivity contribution < 1.29 is 0 Å². The van der Waals surface area contributed by atoms with Gasteiger partial charge in [0.25, 0.3) is 0 Å². The Morgan fingerprint density at radius 3 is 3.00 bits per heavy atom. The summed E-state index contributed by atoms with van der Waals surface area (Å²) in [5.41, 5.74) is 0. The van der Waals surface area contributed by atoms with Crippen LogP contribution in [0.5, 0.6) is 0 Å². The van der Waals surface area contributed by atoms with E-state index in [0.717, 1.165) is 18.2 Å². The maximum absolute atomic E-state index is 4.39. The van der Waals surface area contributed by atoms with Crippen molar-refractivity contribution in [3.05, 3.63) is 12.2 Å². The zero-order valence-electron chi connectivity index (χ0n) is 10.1. The number of aromatic nitrogens is 3. The van der Waals surface area contributed by atoms with Crippen LogP contribution >= 0.6 is 15.9 Å². The lowest BCUT2D eigenvalue weighted by Crippen LogP contribution is -2.19. The van der Waals surface area contributed by atoms with Gasteiger partial charge in [0.1, 0.15) is 12.2 Å². The predicted octanol–water partition coefficient (Wildman–Crippen LogP) is 3.36. The van der Waals surface area contributed by atoms with Gasteiger partial charge >= 0.3 is 0 Å². The van der Waals surface area contributed by atoms with Crippen LogP contribution < -0.4 is 0 Å². The second kappa shape index (κ2) is 5.30. The number of halogens is 1. The highest BCUT2D eigenvalue weighted by Crippen LogP contribution is 2.31. The molecule has 90 valence electrons. The Hall–Kier alpha value is -0.380. The SMILES string of the molecule is CC(C)n1ncnc1CC1CCCC(Br)C1. The van der Waals surface area contributed by atoms with Crippen molar-refractivity contribution in [3.8, 4) is 0 Å². The van der Waals surface area contributed by atoms with Crippen LogP contribution in [0.2, 0.25) is 0 Å². The minimum atomic E-state index is 0.417. The fraction of sp³-hybridized carbons (Fsp3) is 0.833. The van der Waals surface area contributed by atoms with Crippen molar-refractivity contribution in [1.29, 1.82) is 0 Å². The standard InChI is InChI=1S/C12H20BrN3/c1-9(2)16-12(14-8-15-16)7-10-4-3-5-11(13)6-10/h8-11H,3-7H2,1-2H3. The number of rotatable bonds is 3. The van der Waals surface area contributed by atoms with Crippen molar-refractivity contribution in [2.75, 3.05) is 0 Å². The van der Waals surface area contributed by atoms with Gasteiger partial charge in [0.05, 0.1) is 0 Å². The van der Waals surface area contributed by atoms with E-state index in [9.17, 15) is 0 Å². The first-order valence-electron chi connectivity index (χ1n) is 6.19. The van der Waals surface area contributed by atoms with Crippen LogP contribution in [0.3, 0.4) is 0 Å². The summed E-state index contributed by atoms with van der Waals surface area (Å²) in [4.78, 5) is 5.10. The quantitative estimate of drug-likeness (QED) is 0.798. The number of hydrogen-bond donors (Lipinski definition) is 0. The Labute approximate surface area is 106 Å². The maximum atomic E-state index is 4.39. The van der Waals surface area contributed by atoms with E-state index in [1.165, 1.54) is 25.7 Å². The van der Waals surface area contributed by atoms with E-state index in [1.54, 1.807) is 6.33 Å².